The van der Waals surface area contributed by atoms with Gasteiger partial charge in [-0.05, 0) is 48.1 Å². The predicted octanol–water partition coefficient (Wildman–Crippen LogP) is 3.20. The number of aryl methyl sites for hydroxylation is 1. The summed E-state index contributed by atoms with van der Waals surface area (Å²) in [7, 11) is 1.84. The number of hydrogen-bond acceptors (Lipinski definition) is 9. The molecule has 250 valence electrons. The molecule has 2 aromatic heterocycles. The summed E-state index contributed by atoms with van der Waals surface area (Å²) >= 11 is 0. The molecule has 1 saturated heterocycles. The molecule has 4 heterocycles. The van der Waals surface area contributed by atoms with Gasteiger partial charge in [-0.1, -0.05) is 36.4 Å². The van der Waals surface area contributed by atoms with Crippen molar-refractivity contribution in [2.24, 2.45) is 7.05 Å². The smallest absolute Gasteiger partial charge is 0.255 e. The number of hydrogen-bond donors (Lipinski definition) is 4. The molecular weight excluding hydrogens is 608 g/mol. The molecule has 2 aliphatic heterocycles. The zero-order valence-corrected chi connectivity index (χ0v) is 27.1. The van der Waals surface area contributed by atoms with E-state index in [0.717, 1.165) is 84.5 Å². The van der Waals surface area contributed by atoms with E-state index in [4.69, 9.17) is 10.5 Å². The lowest BCUT2D eigenvalue weighted by Crippen LogP contribution is -2.49. The minimum atomic E-state index is -0.278. The van der Waals surface area contributed by atoms with Gasteiger partial charge in [-0.25, -0.2) is 4.98 Å². The zero-order valence-electron chi connectivity index (χ0n) is 27.1. The van der Waals surface area contributed by atoms with E-state index in [2.05, 4.69) is 73.0 Å². The van der Waals surface area contributed by atoms with Crippen LogP contribution in [0.2, 0.25) is 0 Å². The first-order valence-electron chi connectivity index (χ1n) is 16.6. The summed E-state index contributed by atoms with van der Waals surface area (Å²) in [6.45, 7) is 4.55. The first kappa shape index (κ1) is 32.0. The number of ether oxygens (including phenoxy) is 1. The van der Waals surface area contributed by atoms with Crippen molar-refractivity contribution in [1.82, 2.24) is 29.9 Å². The number of piperazine rings is 1. The van der Waals surface area contributed by atoms with Crippen LogP contribution in [0.5, 0.6) is 0 Å². The number of anilines is 2. The molecule has 1 saturated carbocycles. The van der Waals surface area contributed by atoms with Gasteiger partial charge in [-0.15, -0.1) is 0 Å². The number of aliphatic hydroxyl groups excluding tert-OH is 1. The van der Waals surface area contributed by atoms with Gasteiger partial charge in [0.1, 0.15) is 11.9 Å². The number of nitrogens with two attached hydrogens (primary N) is 1. The number of amides is 2. The van der Waals surface area contributed by atoms with Crippen LogP contribution in [0.4, 0.5) is 11.5 Å². The van der Waals surface area contributed by atoms with E-state index in [1.807, 2.05) is 13.2 Å². The van der Waals surface area contributed by atoms with E-state index in [-0.39, 0.29) is 42.4 Å². The summed E-state index contributed by atoms with van der Waals surface area (Å²) in [5, 5.41) is 19.7. The number of nitrogens with zero attached hydrogens (tertiary/aromatic N) is 5. The Hall–Kier alpha value is -4.62. The number of carbonyl (C=O) groups excluding carboxylic acids is 2. The average molecular weight is 651 g/mol. The first-order chi connectivity index (χ1) is 23.4. The van der Waals surface area contributed by atoms with Crippen LogP contribution in [0.25, 0.3) is 22.3 Å². The molecule has 2 amide bonds. The molecule has 3 aliphatic rings. The van der Waals surface area contributed by atoms with Crippen LogP contribution < -0.4 is 16.4 Å². The van der Waals surface area contributed by atoms with E-state index in [1.54, 1.807) is 23.1 Å². The lowest BCUT2D eigenvalue weighted by molar-refractivity contribution is -0.121. The number of nitrogen functional groups attached to an aromatic ring is 1. The van der Waals surface area contributed by atoms with Crippen LogP contribution in [0.3, 0.4) is 0 Å². The normalized spacial score (nSPS) is 21.3. The average Bonchev–Trinajstić information content (AvgIpc) is 3.82. The molecule has 5 N–H and O–H groups in total. The Labute approximate surface area is 279 Å². The quantitative estimate of drug-likeness (QED) is 0.203. The fraction of sp³-hybridized carbons (Fsp3) is 0.389. The molecule has 7 rings (SSSR count). The maximum absolute atomic E-state index is 13.3. The van der Waals surface area contributed by atoms with Crippen molar-refractivity contribution in [3.8, 4) is 22.3 Å². The van der Waals surface area contributed by atoms with Gasteiger partial charge in [0, 0.05) is 74.5 Å². The lowest BCUT2D eigenvalue weighted by atomic mass is 9.99. The molecule has 12 nitrogen and oxygen atoms in total. The number of fused-ring (bicyclic) bond motifs is 1. The Bertz CT molecular complexity index is 1780. The second-order valence-electron chi connectivity index (χ2n) is 12.9. The third-order valence-corrected chi connectivity index (χ3v) is 9.76. The second kappa shape index (κ2) is 13.9. The highest BCUT2D eigenvalue weighted by Gasteiger charge is 2.37. The van der Waals surface area contributed by atoms with Crippen molar-refractivity contribution >= 4 is 23.3 Å². The number of aromatic nitrogens is 3. The molecule has 2 fully saturated rings. The van der Waals surface area contributed by atoms with Gasteiger partial charge >= 0.3 is 0 Å². The third-order valence-electron chi connectivity index (χ3n) is 9.76. The number of nitrogens with one attached hydrogen (secondary N) is 2. The van der Waals surface area contributed by atoms with Crippen LogP contribution in [0, 0.1) is 0 Å². The number of β-amino-alcohol motifs (C(OH)–C–C–N with tert-alkyl or cyclic N) is 1. The summed E-state index contributed by atoms with van der Waals surface area (Å²) in [6.07, 6.45) is 7.82. The maximum Gasteiger partial charge on any atom is 0.255 e. The SMILES string of the molecule is Cn1cc(-c2cnc(N)c(C(=O)N[C@H]3CCC[C@@H]3OCc3ccc(-c4ccc5c(c4)NC(=O)C5N4CCN(CCO)CC4)cc3)c2)cn1. The topological polar surface area (TPSA) is 151 Å². The molecule has 0 bridgehead atoms. The van der Waals surface area contributed by atoms with Crippen molar-refractivity contribution in [2.75, 3.05) is 50.4 Å². The summed E-state index contributed by atoms with van der Waals surface area (Å²) in [6, 6.07) is 15.9. The highest BCUT2D eigenvalue weighted by molar-refractivity contribution is 6.03. The van der Waals surface area contributed by atoms with E-state index >= 15 is 0 Å². The first-order valence-corrected chi connectivity index (χ1v) is 16.6. The van der Waals surface area contributed by atoms with Crippen LogP contribution in [-0.2, 0) is 23.2 Å². The van der Waals surface area contributed by atoms with E-state index < -0.39 is 0 Å². The minimum Gasteiger partial charge on any atom is -0.395 e. The third kappa shape index (κ3) is 6.70. The molecule has 1 aliphatic carbocycles. The highest BCUT2D eigenvalue weighted by Crippen LogP contribution is 2.38. The Morgan fingerprint density at radius 1 is 1.02 bits per heavy atom. The number of rotatable bonds is 10. The van der Waals surface area contributed by atoms with Crippen LogP contribution >= 0.6 is 0 Å². The summed E-state index contributed by atoms with van der Waals surface area (Å²) in [4.78, 5) is 35.0. The zero-order chi connectivity index (χ0) is 33.2. The number of pyridine rings is 1. The Kier molecular flexibility index (Phi) is 9.22. The molecule has 12 heteroatoms. The molecular formula is C36H42N8O4. The van der Waals surface area contributed by atoms with Crippen molar-refractivity contribution in [2.45, 2.75) is 44.1 Å². The van der Waals surface area contributed by atoms with Gasteiger partial charge in [0.25, 0.3) is 5.91 Å². The predicted molar refractivity (Wildman–Crippen MR) is 183 cm³/mol. The molecule has 48 heavy (non-hydrogen) atoms. The fourth-order valence-corrected chi connectivity index (χ4v) is 7.09. The summed E-state index contributed by atoms with van der Waals surface area (Å²) < 4.78 is 8.03. The molecule has 0 radical (unpaired) electrons. The maximum atomic E-state index is 13.3. The van der Waals surface area contributed by atoms with Gasteiger partial charge < -0.3 is 26.2 Å². The molecule has 4 aromatic rings. The lowest BCUT2D eigenvalue weighted by Gasteiger charge is -2.36. The number of carbonyl (C=O) groups is 2. The minimum absolute atomic E-state index is 0.0186. The Balaban J connectivity index is 0.953. The number of aliphatic hydroxyl groups is 1. The van der Waals surface area contributed by atoms with Gasteiger partial charge in [0.2, 0.25) is 5.91 Å². The molecule has 0 spiro atoms. The summed E-state index contributed by atoms with van der Waals surface area (Å²) in [5.41, 5.74) is 13.1. The Morgan fingerprint density at radius 2 is 1.81 bits per heavy atom. The van der Waals surface area contributed by atoms with Gasteiger partial charge in [-0.3, -0.25) is 24.1 Å². The standard InChI is InChI=1S/C36H42N8O4/c1-42-21-27(20-39-42)26-17-29(34(37)38-19-26)35(46)40-30-3-2-4-32(30)48-22-23-5-7-24(8-6-23)25-9-10-28-31(18-25)41-36(47)33(28)44-13-11-43(12-14-44)15-16-45/h5-10,17-21,30,32-33,45H,2-4,11-16,22H2,1H3,(H2,37,38)(H,40,46)(H,41,47)/t30-,32-,33?/m0/s1. The van der Waals surface area contributed by atoms with Crippen molar-refractivity contribution < 1.29 is 19.4 Å². The summed E-state index contributed by atoms with van der Waals surface area (Å²) in [5.74, 6) is -0.0484. The van der Waals surface area contributed by atoms with Crippen molar-refractivity contribution in [3.63, 3.8) is 0 Å². The van der Waals surface area contributed by atoms with Crippen molar-refractivity contribution in [3.05, 3.63) is 83.8 Å². The van der Waals surface area contributed by atoms with Gasteiger partial charge in [0.05, 0.1) is 37.1 Å². The molecule has 3 atom stereocenters. The van der Waals surface area contributed by atoms with Gasteiger partial charge in [-0.2, -0.15) is 5.10 Å². The molecule has 1 unspecified atom stereocenters. The Morgan fingerprint density at radius 3 is 2.56 bits per heavy atom. The van der Waals surface area contributed by atoms with Crippen LogP contribution in [-0.4, -0.2) is 93.0 Å². The van der Waals surface area contributed by atoms with E-state index in [9.17, 15) is 14.7 Å². The van der Waals surface area contributed by atoms with Crippen molar-refractivity contribution in [1.29, 1.82) is 0 Å². The van der Waals surface area contributed by atoms with Crippen LogP contribution in [0.1, 0.15) is 46.8 Å². The largest absolute Gasteiger partial charge is 0.395 e. The van der Waals surface area contributed by atoms with Gasteiger partial charge in [0.15, 0.2) is 0 Å². The highest BCUT2D eigenvalue weighted by atomic mass is 16.5. The van der Waals surface area contributed by atoms with E-state index in [0.29, 0.717) is 18.7 Å². The van der Waals surface area contributed by atoms with Crippen LogP contribution in [0.15, 0.2) is 67.1 Å². The number of benzene rings is 2. The molecule has 2 aromatic carbocycles. The van der Waals surface area contributed by atoms with E-state index in [1.165, 1.54) is 0 Å². The fourth-order valence-electron chi connectivity index (χ4n) is 7.09. The monoisotopic (exact) mass is 650 g/mol. The second-order valence-corrected chi connectivity index (χ2v) is 12.9.